The van der Waals surface area contributed by atoms with E-state index in [2.05, 4.69) is 0 Å². The first-order chi connectivity index (χ1) is 8.22. The highest BCUT2D eigenvalue weighted by Crippen LogP contribution is 2.50. The van der Waals surface area contributed by atoms with Crippen LogP contribution in [0.2, 0.25) is 0 Å². The molecule has 0 aromatic heterocycles. The van der Waals surface area contributed by atoms with Gasteiger partial charge in [0, 0.05) is 12.3 Å². The van der Waals surface area contributed by atoms with Crippen LogP contribution in [0.5, 0.6) is 0 Å². The van der Waals surface area contributed by atoms with E-state index in [-0.39, 0.29) is 17.1 Å². The van der Waals surface area contributed by atoms with Crippen LogP contribution in [-0.2, 0) is 10.2 Å². The Morgan fingerprint density at radius 3 is 2.53 bits per heavy atom. The Bertz CT molecular complexity index is 435. The van der Waals surface area contributed by atoms with Gasteiger partial charge in [0.15, 0.2) is 0 Å². The molecule has 0 atom stereocenters. The first-order valence-electron chi connectivity index (χ1n) is 5.85. The van der Waals surface area contributed by atoms with Crippen molar-refractivity contribution >= 4 is 17.7 Å². The van der Waals surface area contributed by atoms with Crippen molar-refractivity contribution in [2.45, 2.75) is 18.3 Å². The molecule has 1 heterocycles. The van der Waals surface area contributed by atoms with Gasteiger partial charge in [-0.2, -0.15) is 0 Å². The third-order valence-corrected chi connectivity index (χ3v) is 4.56. The lowest BCUT2D eigenvalue weighted by Gasteiger charge is -2.22. The summed E-state index contributed by atoms with van der Waals surface area (Å²) in [6.07, 6.45) is 1.80. The standard InChI is InChI=1S/C13H14FNOS/c14-11-3-1-10(2-4-11)13(5-6-13)12(16)15-7-8-17-9-15/h1-4H,5-9H2. The van der Waals surface area contributed by atoms with Gasteiger partial charge in [0.05, 0.1) is 11.3 Å². The summed E-state index contributed by atoms with van der Waals surface area (Å²) >= 11 is 1.80. The third-order valence-electron chi connectivity index (χ3n) is 3.60. The predicted molar refractivity (Wildman–Crippen MR) is 66.4 cm³/mol. The molecule has 1 aliphatic heterocycles. The van der Waals surface area contributed by atoms with E-state index >= 15 is 0 Å². The Balaban J connectivity index is 1.85. The minimum absolute atomic E-state index is 0.231. The average molecular weight is 251 g/mol. The van der Waals surface area contributed by atoms with Crippen LogP contribution >= 0.6 is 11.8 Å². The fourth-order valence-corrected chi connectivity index (χ4v) is 3.34. The van der Waals surface area contributed by atoms with Crippen LogP contribution in [0, 0.1) is 5.82 Å². The molecule has 1 aliphatic carbocycles. The summed E-state index contributed by atoms with van der Waals surface area (Å²) in [4.78, 5) is 14.4. The van der Waals surface area contributed by atoms with Gasteiger partial charge >= 0.3 is 0 Å². The van der Waals surface area contributed by atoms with Crippen LogP contribution in [0.15, 0.2) is 24.3 Å². The van der Waals surface area contributed by atoms with E-state index < -0.39 is 0 Å². The topological polar surface area (TPSA) is 20.3 Å². The Kier molecular flexibility index (Phi) is 2.62. The van der Waals surface area contributed by atoms with Gasteiger partial charge in [-0.15, -0.1) is 11.8 Å². The minimum Gasteiger partial charge on any atom is -0.332 e. The van der Waals surface area contributed by atoms with E-state index in [0.717, 1.165) is 36.6 Å². The summed E-state index contributed by atoms with van der Waals surface area (Å²) in [5.74, 6) is 1.83. The number of benzene rings is 1. The van der Waals surface area contributed by atoms with Gasteiger partial charge in [-0.25, -0.2) is 4.39 Å². The van der Waals surface area contributed by atoms with E-state index in [1.165, 1.54) is 12.1 Å². The van der Waals surface area contributed by atoms with E-state index in [1.807, 2.05) is 4.90 Å². The van der Waals surface area contributed by atoms with Crippen molar-refractivity contribution in [2.24, 2.45) is 0 Å². The number of amides is 1. The number of rotatable bonds is 2. The highest BCUT2D eigenvalue weighted by molar-refractivity contribution is 7.99. The smallest absolute Gasteiger partial charge is 0.233 e. The summed E-state index contributed by atoms with van der Waals surface area (Å²) in [6.45, 7) is 0.854. The number of carbonyl (C=O) groups excluding carboxylic acids is 1. The number of halogens is 1. The molecular weight excluding hydrogens is 237 g/mol. The summed E-state index contributed by atoms with van der Waals surface area (Å²) in [6, 6.07) is 6.40. The summed E-state index contributed by atoms with van der Waals surface area (Å²) in [7, 11) is 0. The van der Waals surface area contributed by atoms with Crippen molar-refractivity contribution in [3.05, 3.63) is 35.6 Å². The molecule has 0 spiro atoms. The maximum absolute atomic E-state index is 12.9. The summed E-state index contributed by atoms with van der Waals surface area (Å²) in [5, 5.41) is 0. The quantitative estimate of drug-likeness (QED) is 0.804. The molecule has 1 aromatic carbocycles. The molecule has 1 aromatic rings. The molecule has 0 radical (unpaired) electrons. The predicted octanol–water partition coefficient (Wildman–Crippen LogP) is 2.39. The van der Waals surface area contributed by atoms with Crippen molar-refractivity contribution in [3.63, 3.8) is 0 Å². The highest BCUT2D eigenvalue weighted by Gasteiger charge is 2.53. The first kappa shape index (κ1) is 11.1. The van der Waals surface area contributed by atoms with Gasteiger partial charge < -0.3 is 4.90 Å². The molecule has 1 saturated heterocycles. The molecule has 17 heavy (non-hydrogen) atoms. The van der Waals surface area contributed by atoms with Crippen molar-refractivity contribution in [1.29, 1.82) is 0 Å². The second-order valence-corrected chi connectivity index (χ2v) is 5.77. The Morgan fingerprint density at radius 2 is 2.00 bits per heavy atom. The number of thioether (sulfide) groups is 1. The molecule has 1 saturated carbocycles. The largest absolute Gasteiger partial charge is 0.332 e. The highest BCUT2D eigenvalue weighted by atomic mass is 32.2. The Labute approximate surface area is 104 Å². The maximum atomic E-state index is 12.9. The van der Waals surface area contributed by atoms with Crippen LogP contribution < -0.4 is 0 Å². The van der Waals surface area contributed by atoms with Crippen LogP contribution in [-0.4, -0.2) is 29.0 Å². The van der Waals surface area contributed by atoms with Crippen LogP contribution in [0.3, 0.4) is 0 Å². The van der Waals surface area contributed by atoms with Gasteiger partial charge in [0.25, 0.3) is 0 Å². The van der Waals surface area contributed by atoms with E-state index in [0.29, 0.717) is 0 Å². The minimum atomic E-state index is -0.335. The molecule has 2 fully saturated rings. The number of hydrogen-bond acceptors (Lipinski definition) is 2. The normalized spacial score (nSPS) is 21.6. The third kappa shape index (κ3) is 1.84. The van der Waals surface area contributed by atoms with Gasteiger partial charge in [-0.05, 0) is 30.5 Å². The molecule has 2 nitrogen and oxygen atoms in total. The summed E-state index contributed by atoms with van der Waals surface area (Å²) in [5.41, 5.74) is 0.638. The van der Waals surface area contributed by atoms with Crippen molar-refractivity contribution in [3.8, 4) is 0 Å². The SMILES string of the molecule is O=C(N1CCSC1)C1(c2ccc(F)cc2)CC1. The molecule has 2 aliphatic rings. The molecule has 3 rings (SSSR count). The van der Waals surface area contributed by atoms with Crippen LogP contribution in [0.25, 0.3) is 0 Å². The zero-order valence-electron chi connectivity index (χ0n) is 9.49. The van der Waals surface area contributed by atoms with Gasteiger partial charge in [-0.1, -0.05) is 12.1 Å². The lowest BCUT2D eigenvalue weighted by Crippen LogP contribution is -2.37. The average Bonchev–Trinajstić information content (AvgIpc) is 2.97. The van der Waals surface area contributed by atoms with Crippen molar-refractivity contribution < 1.29 is 9.18 Å². The van der Waals surface area contributed by atoms with Crippen LogP contribution in [0.1, 0.15) is 18.4 Å². The van der Waals surface area contributed by atoms with Gasteiger partial charge in [-0.3, -0.25) is 4.79 Å². The fourth-order valence-electron chi connectivity index (χ4n) is 2.40. The molecule has 0 N–H and O–H groups in total. The molecule has 90 valence electrons. The zero-order chi connectivity index (χ0) is 11.9. The van der Waals surface area contributed by atoms with E-state index in [4.69, 9.17) is 0 Å². The lowest BCUT2D eigenvalue weighted by molar-refractivity contribution is -0.132. The molecule has 4 heteroatoms. The van der Waals surface area contributed by atoms with Gasteiger partial charge in [0.1, 0.15) is 5.82 Å². The van der Waals surface area contributed by atoms with Crippen molar-refractivity contribution in [1.82, 2.24) is 4.90 Å². The second kappa shape index (κ2) is 4.02. The Morgan fingerprint density at radius 1 is 1.29 bits per heavy atom. The number of nitrogens with zero attached hydrogens (tertiary/aromatic N) is 1. The van der Waals surface area contributed by atoms with E-state index in [9.17, 15) is 9.18 Å². The molecular formula is C13H14FNOS. The van der Waals surface area contributed by atoms with Crippen molar-refractivity contribution in [2.75, 3.05) is 18.2 Å². The fraction of sp³-hybridized carbons (Fsp3) is 0.462. The van der Waals surface area contributed by atoms with E-state index in [1.54, 1.807) is 23.9 Å². The Hall–Kier alpha value is -1.03. The first-order valence-corrected chi connectivity index (χ1v) is 7.01. The molecule has 0 unspecified atom stereocenters. The van der Waals surface area contributed by atoms with Crippen LogP contribution in [0.4, 0.5) is 4.39 Å². The maximum Gasteiger partial charge on any atom is 0.233 e. The summed E-state index contributed by atoms with van der Waals surface area (Å²) < 4.78 is 12.9. The molecule has 0 bridgehead atoms. The van der Waals surface area contributed by atoms with Gasteiger partial charge in [0.2, 0.25) is 5.91 Å². The zero-order valence-corrected chi connectivity index (χ0v) is 10.3. The number of carbonyl (C=O) groups is 1. The lowest BCUT2D eigenvalue weighted by atomic mass is 9.94. The second-order valence-electron chi connectivity index (χ2n) is 4.69. The monoisotopic (exact) mass is 251 g/mol. The molecule has 1 amide bonds. The number of hydrogen-bond donors (Lipinski definition) is 0.